The van der Waals surface area contributed by atoms with Crippen LogP contribution in [0.2, 0.25) is 0 Å². The van der Waals surface area contributed by atoms with Crippen molar-refractivity contribution in [2.45, 2.75) is 38.8 Å². The summed E-state index contributed by atoms with van der Waals surface area (Å²) in [6.07, 6.45) is 2.34. The van der Waals surface area contributed by atoms with Gasteiger partial charge in [0.2, 0.25) is 0 Å². The number of urea groups is 1. The minimum Gasteiger partial charge on any atom is -0.331 e. The number of fused-ring (bicyclic) bond motifs is 2. The molecule has 2 fully saturated rings. The number of likely N-dealkylation sites (tertiary alicyclic amines) is 1. The van der Waals surface area contributed by atoms with Crippen LogP contribution in [0.4, 0.5) is 4.79 Å². The summed E-state index contributed by atoms with van der Waals surface area (Å²) in [5.74, 6) is 1.33. The van der Waals surface area contributed by atoms with Gasteiger partial charge in [0.15, 0.2) is 0 Å². The summed E-state index contributed by atoms with van der Waals surface area (Å²) in [7, 11) is 0. The number of nitrogens with two attached hydrogens (primary N) is 1. The first-order valence-corrected chi connectivity index (χ1v) is 8.42. The lowest BCUT2D eigenvalue weighted by Crippen LogP contribution is -2.54. The number of amides is 2. The van der Waals surface area contributed by atoms with Gasteiger partial charge in [-0.05, 0) is 36.2 Å². The highest BCUT2D eigenvalue weighted by atomic mass is 16.2. The van der Waals surface area contributed by atoms with Gasteiger partial charge >= 0.3 is 6.03 Å². The molecule has 1 heterocycles. The van der Waals surface area contributed by atoms with Crippen LogP contribution >= 0.6 is 0 Å². The van der Waals surface area contributed by atoms with E-state index in [2.05, 4.69) is 31.3 Å². The van der Waals surface area contributed by atoms with Crippen molar-refractivity contribution in [1.29, 1.82) is 0 Å². The van der Waals surface area contributed by atoms with Crippen molar-refractivity contribution in [3.63, 3.8) is 0 Å². The predicted molar refractivity (Wildman–Crippen MR) is 88.3 cm³/mol. The maximum atomic E-state index is 12.7. The average molecular weight is 301 g/mol. The van der Waals surface area contributed by atoms with E-state index in [1.165, 1.54) is 18.4 Å². The molecule has 120 valence electrons. The molecule has 2 amide bonds. The minimum absolute atomic E-state index is 0.0574. The van der Waals surface area contributed by atoms with E-state index in [0.29, 0.717) is 23.8 Å². The Morgan fingerprint density at radius 3 is 2.32 bits per heavy atom. The lowest BCUT2D eigenvalue weighted by molar-refractivity contribution is 0.145. The summed E-state index contributed by atoms with van der Waals surface area (Å²) >= 11 is 0. The van der Waals surface area contributed by atoms with Crippen LogP contribution < -0.4 is 11.1 Å². The smallest absolute Gasteiger partial charge is 0.317 e. The molecule has 3 N–H and O–H groups in total. The molecule has 0 radical (unpaired) electrons. The third-order valence-electron chi connectivity index (χ3n) is 5.30. The second-order valence-corrected chi connectivity index (χ2v) is 7.16. The van der Waals surface area contributed by atoms with Crippen LogP contribution in [-0.2, 0) is 0 Å². The fourth-order valence-electron chi connectivity index (χ4n) is 3.95. The normalized spacial score (nSPS) is 28.7. The van der Waals surface area contributed by atoms with Gasteiger partial charge in [-0.2, -0.15) is 0 Å². The standard InChI is InChI=1S/C18H27N3O/c1-12(2)17(13-6-4-3-5-7-13)20-18(22)21-10-14-8-9-15(11-21)16(14)19/h3-7,12,14-17H,8-11,19H2,1-2H3,(H,20,22)/t14-,15+,16?,17-/m1/s1. The Morgan fingerprint density at radius 1 is 1.18 bits per heavy atom. The Labute approximate surface area is 133 Å². The molecule has 4 atom stereocenters. The first kappa shape index (κ1) is 15.3. The molecule has 1 saturated carbocycles. The van der Waals surface area contributed by atoms with Gasteiger partial charge in [-0.1, -0.05) is 44.2 Å². The topological polar surface area (TPSA) is 58.4 Å². The summed E-state index contributed by atoms with van der Waals surface area (Å²) in [5.41, 5.74) is 7.40. The fraction of sp³-hybridized carbons (Fsp3) is 0.611. The van der Waals surface area contributed by atoms with Crippen LogP contribution in [0.3, 0.4) is 0 Å². The Hall–Kier alpha value is -1.55. The second-order valence-electron chi connectivity index (χ2n) is 7.16. The Balaban J connectivity index is 1.67. The van der Waals surface area contributed by atoms with Crippen molar-refractivity contribution in [1.82, 2.24) is 10.2 Å². The minimum atomic E-state index is 0.0574. The molecule has 4 nitrogen and oxygen atoms in total. The summed E-state index contributed by atoms with van der Waals surface area (Å²) < 4.78 is 0. The monoisotopic (exact) mass is 301 g/mol. The number of hydrogen-bond donors (Lipinski definition) is 2. The maximum Gasteiger partial charge on any atom is 0.317 e. The maximum absolute atomic E-state index is 12.7. The highest BCUT2D eigenvalue weighted by Crippen LogP contribution is 2.35. The third kappa shape index (κ3) is 2.98. The van der Waals surface area contributed by atoms with Gasteiger partial charge < -0.3 is 16.0 Å². The highest BCUT2D eigenvalue weighted by Gasteiger charge is 2.41. The van der Waals surface area contributed by atoms with Crippen molar-refractivity contribution < 1.29 is 4.79 Å². The Morgan fingerprint density at radius 2 is 1.77 bits per heavy atom. The van der Waals surface area contributed by atoms with Crippen molar-refractivity contribution >= 4 is 6.03 Å². The number of piperidine rings is 1. The van der Waals surface area contributed by atoms with Gasteiger partial charge in [0.1, 0.15) is 0 Å². The number of benzene rings is 1. The third-order valence-corrected chi connectivity index (χ3v) is 5.30. The molecule has 0 aromatic heterocycles. The van der Waals surface area contributed by atoms with Gasteiger partial charge in [0.05, 0.1) is 6.04 Å². The number of carbonyl (C=O) groups excluding carboxylic acids is 1. The molecule has 1 unspecified atom stereocenters. The second kappa shape index (κ2) is 6.29. The van der Waals surface area contributed by atoms with Gasteiger partial charge in [0, 0.05) is 19.1 Å². The molecule has 3 rings (SSSR count). The quantitative estimate of drug-likeness (QED) is 0.902. The molecule has 22 heavy (non-hydrogen) atoms. The summed E-state index contributed by atoms with van der Waals surface area (Å²) in [4.78, 5) is 14.7. The molecule has 1 aliphatic heterocycles. The van der Waals surface area contributed by atoms with Gasteiger partial charge in [-0.15, -0.1) is 0 Å². The van der Waals surface area contributed by atoms with E-state index >= 15 is 0 Å². The molecule has 4 heteroatoms. The Kier molecular flexibility index (Phi) is 4.39. The highest BCUT2D eigenvalue weighted by molar-refractivity contribution is 5.75. The number of nitrogens with zero attached hydrogens (tertiary/aromatic N) is 1. The number of nitrogens with one attached hydrogen (secondary N) is 1. The zero-order valence-corrected chi connectivity index (χ0v) is 13.5. The van der Waals surface area contributed by atoms with Crippen molar-refractivity contribution in [2.75, 3.05) is 13.1 Å². The molecular formula is C18H27N3O. The zero-order chi connectivity index (χ0) is 15.7. The van der Waals surface area contributed by atoms with E-state index in [4.69, 9.17) is 5.73 Å². The van der Waals surface area contributed by atoms with Crippen molar-refractivity contribution in [3.05, 3.63) is 35.9 Å². The fourth-order valence-corrected chi connectivity index (χ4v) is 3.95. The lowest BCUT2D eigenvalue weighted by atomic mass is 9.93. The van der Waals surface area contributed by atoms with Crippen LogP contribution in [0.15, 0.2) is 30.3 Å². The average Bonchev–Trinajstić information content (AvgIpc) is 2.74. The summed E-state index contributed by atoms with van der Waals surface area (Å²) in [6, 6.07) is 10.6. The number of carbonyl (C=O) groups is 1. The van der Waals surface area contributed by atoms with Crippen LogP contribution in [-0.4, -0.2) is 30.1 Å². The van der Waals surface area contributed by atoms with E-state index < -0.39 is 0 Å². The molecular weight excluding hydrogens is 274 g/mol. The zero-order valence-electron chi connectivity index (χ0n) is 13.5. The summed E-state index contributed by atoms with van der Waals surface area (Å²) in [6.45, 7) is 5.91. The van der Waals surface area contributed by atoms with Gasteiger partial charge in [-0.25, -0.2) is 4.79 Å². The largest absolute Gasteiger partial charge is 0.331 e. The van der Waals surface area contributed by atoms with Crippen LogP contribution in [0, 0.1) is 17.8 Å². The van der Waals surface area contributed by atoms with E-state index in [1.807, 2.05) is 23.1 Å². The molecule has 1 aromatic rings. The molecule has 1 saturated heterocycles. The number of rotatable bonds is 3. The van der Waals surface area contributed by atoms with E-state index in [9.17, 15) is 4.79 Å². The Bertz CT molecular complexity index is 502. The predicted octanol–water partition coefficient (Wildman–Crippen LogP) is 2.76. The van der Waals surface area contributed by atoms with Crippen LogP contribution in [0.5, 0.6) is 0 Å². The van der Waals surface area contributed by atoms with Crippen molar-refractivity contribution in [3.8, 4) is 0 Å². The molecule has 1 aliphatic carbocycles. The van der Waals surface area contributed by atoms with E-state index in [-0.39, 0.29) is 12.1 Å². The van der Waals surface area contributed by atoms with Crippen molar-refractivity contribution in [2.24, 2.45) is 23.5 Å². The first-order valence-electron chi connectivity index (χ1n) is 8.42. The van der Waals surface area contributed by atoms with Crippen LogP contribution in [0.1, 0.15) is 38.3 Å². The molecule has 1 aromatic carbocycles. The lowest BCUT2D eigenvalue weighted by Gasteiger charge is -2.37. The van der Waals surface area contributed by atoms with Gasteiger partial charge in [0.25, 0.3) is 0 Å². The van der Waals surface area contributed by atoms with Gasteiger partial charge in [-0.3, -0.25) is 0 Å². The first-order chi connectivity index (χ1) is 10.6. The molecule has 0 spiro atoms. The van der Waals surface area contributed by atoms with E-state index in [0.717, 1.165) is 13.1 Å². The molecule has 2 bridgehead atoms. The van der Waals surface area contributed by atoms with E-state index in [1.54, 1.807) is 0 Å². The molecule has 2 aliphatic rings. The number of hydrogen-bond acceptors (Lipinski definition) is 2. The summed E-state index contributed by atoms with van der Waals surface area (Å²) in [5, 5.41) is 3.23. The van der Waals surface area contributed by atoms with Crippen LogP contribution in [0.25, 0.3) is 0 Å². The SMILES string of the molecule is CC(C)[C@@H](NC(=O)N1C[C@H]2CC[C@@H](C1)C2N)c1ccccc1.